The van der Waals surface area contributed by atoms with Gasteiger partial charge in [-0.05, 0) is 70.6 Å². The van der Waals surface area contributed by atoms with Crippen molar-refractivity contribution < 1.29 is 28.6 Å². The predicted octanol–water partition coefficient (Wildman–Crippen LogP) is 17.2. The van der Waals surface area contributed by atoms with Gasteiger partial charge in [0.2, 0.25) is 0 Å². The first-order valence-corrected chi connectivity index (χ1v) is 26.3. The van der Waals surface area contributed by atoms with Crippen molar-refractivity contribution in [1.82, 2.24) is 0 Å². The molecule has 0 aromatic rings. The van der Waals surface area contributed by atoms with E-state index in [1.165, 1.54) is 173 Å². The number of hydrogen-bond acceptors (Lipinski definition) is 6. The Morgan fingerprint density at radius 2 is 0.550 bits per heavy atom. The number of hydrogen-bond donors (Lipinski definition) is 0. The third-order valence-electron chi connectivity index (χ3n) is 11.7. The van der Waals surface area contributed by atoms with Crippen LogP contribution in [0.3, 0.4) is 0 Å². The van der Waals surface area contributed by atoms with Gasteiger partial charge in [-0.3, -0.25) is 14.4 Å². The van der Waals surface area contributed by atoms with Crippen molar-refractivity contribution in [2.45, 2.75) is 290 Å². The maximum absolute atomic E-state index is 12.8. The van der Waals surface area contributed by atoms with E-state index >= 15 is 0 Å². The third kappa shape index (κ3) is 46.9. The molecule has 0 rings (SSSR count). The van der Waals surface area contributed by atoms with E-state index in [9.17, 15) is 14.4 Å². The third-order valence-corrected chi connectivity index (χ3v) is 11.7. The molecule has 0 bridgehead atoms. The minimum atomic E-state index is -0.773. The van der Waals surface area contributed by atoms with Crippen LogP contribution >= 0.6 is 0 Å². The lowest BCUT2D eigenvalue weighted by Crippen LogP contribution is -2.30. The smallest absolute Gasteiger partial charge is 0.306 e. The highest BCUT2D eigenvalue weighted by Crippen LogP contribution is 2.16. The van der Waals surface area contributed by atoms with Crippen LogP contribution in [0.1, 0.15) is 284 Å². The second kappa shape index (κ2) is 49.5. The van der Waals surface area contributed by atoms with Gasteiger partial charge < -0.3 is 14.2 Å². The maximum Gasteiger partial charge on any atom is 0.306 e. The summed E-state index contributed by atoms with van der Waals surface area (Å²) in [5, 5.41) is 0. The molecule has 0 N–H and O–H groups in total. The first kappa shape index (κ1) is 57.9. The molecule has 0 amide bonds. The number of allylic oxidation sites excluding steroid dienone is 4. The summed E-state index contributed by atoms with van der Waals surface area (Å²) in [5.74, 6) is -0.880. The van der Waals surface area contributed by atoms with Crippen molar-refractivity contribution in [2.75, 3.05) is 13.2 Å². The molecule has 0 saturated heterocycles. The minimum absolute atomic E-state index is 0.0735. The Bertz CT molecular complexity index is 973. The van der Waals surface area contributed by atoms with Crippen molar-refractivity contribution in [2.24, 2.45) is 0 Å². The maximum atomic E-state index is 12.8. The topological polar surface area (TPSA) is 78.9 Å². The predicted molar refractivity (Wildman–Crippen MR) is 256 cm³/mol. The van der Waals surface area contributed by atoms with Crippen LogP contribution in [0.15, 0.2) is 24.3 Å². The number of ether oxygens (including phenoxy) is 3. The Morgan fingerprint density at radius 3 is 0.867 bits per heavy atom. The monoisotopic (exact) mass is 845 g/mol. The van der Waals surface area contributed by atoms with Crippen LogP contribution in [-0.4, -0.2) is 37.2 Å². The van der Waals surface area contributed by atoms with Gasteiger partial charge >= 0.3 is 17.9 Å². The van der Waals surface area contributed by atoms with Gasteiger partial charge in [-0.1, -0.05) is 218 Å². The van der Waals surface area contributed by atoms with Crippen LogP contribution in [0, 0.1) is 0 Å². The number of carbonyl (C=O) groups is 3. The summed E-state index contributed by atoms with van der Waals surface area (Å²) >= 11 is 0. The highest BCUT2D eigenvalue weighted by Gasteiger charge is 2.19. The molecule has 0 aromatic heterocycles. The summed E-state index contributed by atoms with van der Waals surface area (Å²) in [6.45, 7) is 6.60. The Kier molecular flexibility index (Phi) is 47.8. The molecule has 0 aliphatic carbocycles. The lowest BCUT2D eigenvalue weighted by Gasteiger charge is -2.18. The fourth-order valence-corrected chi connectivity index (χ4v) is 7.67. The average molecular weight is 845 g/mol. The van der Waals surface area contributed by atoms with E-state index in [-0.39, 0.29) is 31.1 Å². The van der Waals surface area contributed by atoms with E-state index in [1.807, 2.05) is 0 Å². The van der Waals surface area contributed by atoms with Gasteiger partial charge in [0, 0.05) is 19.3 Å². The molecule has 0 fully saturated rings. The first-order chi connectivity index (χ1) is 29.5. The van der Waals surface area contributed by atoms with Gasteiger partial charge in [-0.2, -0.15) is 0 Å². The van der Waals surface area contributed by atoms with Crippen molar-refractivity contribution >= 4 is 17.9 Å². The molecule has 0 aliphatic rings. The summed E-state index contributed by atoms with van der Waals surface area (Å²) in [7, 11) is 0. The molecule has 60 heavy (non-hydrogen) atoms. The Morgan fingerprint density at radius 1 is 0.317 bits per heavy atom. The number of rotatable bonds is 48. The Hall–Kier alpha value is -2.11. The van der Waals surface area contributed by atoms with E-state index in [2.05, 4.69) is 45.1 Å². The molecular weight excluding hydrogens is 745 g/mol. The fourth-order valence-electron chi connectivity index (χ4n) is 7.67. The zero-order valence-corrected chi connectivity index (χ0v) is 40.2. The zero-order valence-electron chi connectivity index (χ0n) is 40.2. The van der Waals surface area contributed by atoms with Crippen molar-refractivity contribution in [1.29, 1.82) is 0 Å². The molecule has 0 radical (unpaired) electrons. The standard InChI is InChI=1S/C54H100O6/c1-4-7-10-13-16-19-22-25-26-27-28-29-30-33-35-38-41-44-47-53(56)59-50-51(60-54(57)48-45-42-39-36-32-24-21-18-15-12-9-6-3)49-58-52(55)46-43-40-37-34-31-23-20-17-14-11-8-5-2/h17-18,20-21,51H,4-16,19,22-50H2,1-3H3/b20-17-,21-18-/t51-/m1/s1. The van der Waals surface area contributed by atoms with E-state index in [1.54, 1.807) is 0 Å². The lowest BCUT2D eigenvalue weighted by atomic mass is 10.0. The lowest BCUT2D eigenvalue weighted by molar-refractivity contribution is -0.167. The van der Waals surface area contributed by atoms with Gasteiger partial charge in [0.05, 0.1) is 0 Å². The van der Waals surface area contributed by atoms with Crippen molar-refractivity contribution in [3.05, 3.63) is 24.3 Å². The normalized spacial score (nSPS) is 12.1. The number of unbranched alkanes of at least 4 members (excludes halogenated alkanes) is 33. The summed E-state index contributed by atoms with van der Waals surface area (Å²) in [6, 6.07) is 0. The van der Waals surface area contributed by atoms with Crippen LogP contribution in [0.4, 0.5) is 0 Å². The van der Waals surface area contributed by atoms with Crippen LogP contribution in [-0.2, 0) is 28.6 Å². The average Bonchev–Trinajstić information content (AvgIpc) is 3.24. The van der Waals surface area contributed by atoms with Gasteiger partial charge in [-0.25, -0.2) is 0 Å². The largest absolute Gasteiger partial charge is 0.462 e. The molecule has 352 valence electrons. The fraction of sp³-hybridized carbons (Fsp3) is 0.870. The molecule has 6 heteroatoms. The summed E-state index contributed by atoms with van der Waals surface area (Å²) in [6.07, 6.45) is 55.9. The van der Waals surface area contributed by atoms with Gasteiger partial charge in [0.1, 0.15) is 13.2 Å². The Labute approximate surface area is 373 Å². The second-order valence-corrected chi connectivity index (χ2v) is 17.8. The summed E-state index contributed by atoms with van der Waals surface area (Å²) in [4.78, 5) is 37.9. The van der Waals surface area contributed by atoms with E-state index in [0.29, 0.717) is 19.3 Å². The first-order valence-electron chi connectivity index (χ1n) is 26.3. The SMILES string of the molecule is CCCCC/C=C\CCCCCCCC(=O)OC[C@H](COC(=O)CCCCCCCCCCCCCCCCCCCC)OC(=O)CCCCCCC/C=C\CCCCC. The molecular formula is C54H100O6. The molecule has 0 saturated carbocycles. The second-order valence-electron chi connectivity index (χ2n) is 17.8. The molecule has 1 atom stereocenters. The highest BCUT2D eigenvalue weighted by atomic mass is 16.6. The van der Waals surface area contributed by atoms with Crippen LogP contribution < -0.4 is 0 Å². The van der Waals surface area contributed by atoms with Crippen LogP contribution in [0.25, 0.3) is 0 Å². The van der Waals surface area contributed by atoms with Crippen LogP contribution in [0.2, 0.25) is 0 Å². The molecule has 0 aromatic carbocycles. The number of carbonyl (C=O) groups excluding carboxylic acids is 3. The van der Waals surface area contributed by atoms with Gasteiger partial charge in [0.15, 0.2) is 6.10 Å². The Balaban J connectivity index is 4.30. The zero-order chi connectivity index (χ0) is 43.7. The molecule has 0 aliphatic heterocycles. The minimum Gasteiger partial charge on any atom is -0.462 e. The number of esters is 3. The van der Waals surface area contributed by atoms with Crippen molar-refractivity contribution in [3.8, 4) is 0 Å². The van der Waals surface area contributed by atoms with Gasteiger partial charge in [0.25, 0.3) is 0 Å². The molecule has 0 heterocycles. The molecule has 0 spiro atoms. The van der Waals surface area contributed by atoms with E-state index in [4.69, 9.17) is 14.2 Å². The molecule has 0 unspecified atom stereocenters. The molecule has 6 nitrogen and oxygen atoms in total. The van der Waals surface area contributed by atoms with E-state index in [0.717, 1.165) is 70.6 Å². The summed E-state index contributed by atoms with van der Waals surface area (Å²) in [5.41, 5.74) is 0. The van der Waals surface area contributed by atoms with Crippen LogP contribution in [0.5, 0.6) is 0 Å². The highest BCUT2D eigenvalue weighted by molar-refractivity contribution is 5.71. The van der Waals surface area contributed by atoms with Crippen molar-refractivity contribution in [3.63, 3.8) is 0 Å². The summed E-state index contributed by atoms with van der Waals surface area (Å²) < 4.78 is 16.8. The van der Waals surface area contributed by atoms with E-state index < -0.39 is 6.10 Å². The quantitative estimate of drug-likeness (QED) is 0.0263. The van der Waals surface area contributed by atoms with Gasteiger partial charge in [-0.15, -0.1) is 0 Å².